The van der Waals surface area contributed by atoms with Crippen LogP contribution in [0.4, 0.5) is 0 Å². The SMILES string of the molecule is CO[Si](c1ccccc1)(C1C=CC=CC1)C(C)(C)C. The Bertz CT molecular complexity index is 470. The molecule has 1 aromatic carbocycles. The van der Waals surface area contributed by atoms with Crippen LogP contribution in [0.15, 0.2) is 54.6 Å². The molecular formula is C17H24OSi. The Hall–Kier alpha value is -1.12. The first-order chi connectivity index (χ1) is 9.02. The molecule has 0 heterocycles. The Morgan fingerprint density at radius 2 is 1.79 bits per heavy atom. The van der Waals surface area contributed by atoms with Crippen molar-refractivity contribution in [3.63, 3.8) is 0 Å². The second-order valence-corrected chi connectivity index (χ2v) is 10.9. The Balaban J connectivity index is 2.55. The van der Waals surface area contributed by atoms with Crippen molar-refractivity contribution in [2.45, 2.75) is 37.8 Å². The average Bonchev–Trinajstić information content (AvgIpc) is 2.41. The summed E-state index contributed by atoms with van der Waals surface area (Å²) in [7, 11) is -0.185. The van der Waals surface area contributed by atoms with Gasteiger partial charge in [0.15, 0.2) is 0 Å². The van der Waals surface area contributed by atoms with Crippen LogP contribution in [0.3, 0.4) is 0 Å². The largest absolute Gasteiger partial charge is 0.414 e. The number of hydrogen-bond acceptors (Lipinski definition) is 1. The van der Waals surface area contributed by atoms with Crippen LogP contribution in [0, 0.1) is 0 Å². The van der Waals surface area contributed by atoms with E-state index in [-0.39, 0.29) is 5.04 Å². The fraction of sp³-hybridized carbons (Fsp3) is 0.412. The molecule has 0 aliphatic heterocycles. The van der Waals surface area contributed by atoms with Crippen LogP contribution in [0.2, 0.25) is 10.6 Å². The van der Waals surface area contributed by atoms with Crippen LogP contribution in [0.1, 0.15) is 27.2 Å². The lowest BCUT2D eigenvalue weighted by molar-refractivity contribution is 0.364. The van der Waals surface area contributed by atoms with Crippen LogP contribution in [-0.2, 0) is 4.43 Å². The maximum absolute atomic E-state index is 6.28. The maximum Gasteiger partial charge on any atom is 0.235 e. The van der Waals surface area contributed by atoms with Gasteiger partial charge in [0, 0.05) is 12.7 Å². The molecule has 1 nitrogen and oxygen atoms in total. The molecule has 0 radical (unpaired) electrons. The monoisotopic (exact) mass is 272 g/mol. The van der Waals surface area contributed by atoms with E-state index in [4.69, 9.17) is 4.43 Å². The molecule has 0 spiro atoms. The van der Waals surface area contributed by atoms with Crippen LogP contribution in [-0.4, -0.2) is 15.4 Å². The Kier molecular flexibility index (Phi) is 4.12. The van der Waals surface area contributed by atoms with Crippen molar-refractivity contribution in [3.8, 4) is 0 Å². The average molecular weight is 272 g/mol. The highest BCUT2D eigenvalue weighted by Crippen LogP contribution is 2.46. The van der Waals surface area contributed by atoms with Gasteiger partial charge in [-0.2, -0.15) is 0 Å². The number of allylic oxidation sites excluding steroid dienone is 4. The van der Waals surface area contributed by atoms with Gasteiger partial charge in [0.25, 0.3) is 0 Å². The molecule has 0 fully saturated rings. The summed E-state index contributed by atoms with van der Waals surface area (Å²) in [4.78, 5) is 0. The van der Waals surface area contributed by atoms with E-state index in [0.717, 1.165) is 6.42 Å². The zero-order chi connectivity index (χ0) is 13.9. The Labute approximate surface area is 118 Å². The van der Waals surface area contributed by atoms with Gasteiger partial charge >= 0.3 is 0 Å². The first-order valence-corrected chi connectivity index (χ1v) is 8.95. The minimum Gasteiger partial charge on any atom is -0.414 e. The van der Waals surface area contributed by atoms with Gasteiger partial charge in [-0.1, -0.05) is 75.4 Å². The van der Waals surface area contributed by atoms with Crippen molar-refractivity contribution in [1.29, 1.82) is 0 Å². The highest BCUT2D eigenvalue weighted by Gasteiger charge is 2.52. The minimum absolute atomic E-state index is 0.156. The second-order valence-electron chi connectivity index (χ2n) is 6.21. The summed E-state index contributed by atoms with van der Waals surface area (Å²) in [5, 5.41) is 1.55. The molecule has 2 unspecified atom stereocenters. The molecule has 1 aliphatic rings. The molecule has 102 valence electrons. The molecule has 19 heavy (non-hydrogen) atoms. The summed E-state index contributed by atoms with van der Waals surface area (Å²) in [5.41, 5.74) is 0.505. The number of rotatable bonds is 3. The van der Waals surface area contributed by atoms with Crippen LogP contribution in [0.5, 0.6) is 0 Å². The molecule has 0 amide bonds. The zero-order valence-corrected chi connectivity index (χ0v) is 13.4. The maximum atomic E-state index is 6.28. The molecular weight excluding hydrogens is 248 g/mol. The molecule has 2 heteroatoms. The zero-order valence-electron chi connectivity index (χ0n) is 12.4. The fourth-order valence-corrected chi connectivity index (χ4v) is 8.44. The van der Waals surface area contributed by atoms with E-state index in [1.807, 2.05) is 7.11 Å². The van der Waals surface area contributed by atoms with Gasteiger partial charge in [-0.05, 0) is 16.6 Å². The highest BCUT2D eigenvalue weighted by atomic mass is 28.4. The highest BCUT2D eigenvalue weighted by molar-refractivity contribution is 6.90. The summed E-state index contributed by atoms with van der Waals surface area (Å²) >= 11 is 0. The summed E-state index contributed by atoms with van der Waals surface area (Å²) in [6.45, 7) is 6.96. The summed E-state index contributed by atoms with van der Waals surface area (Å²) in [6.07, 6.45) is 10.00. The molecule has 2 rings (SSSR count). The van der Waals surface area contributed by atoms with E-state index in [0.29, 0.717) is 5.54 Å². The van der Waals surface area contributed by atoms with E-state index in [9.17, 15) is 0 Å². The molecule has 1 aromatic rings. The van der Waals surface area contributed by atoms with Crippen LogP contribution >= 0.6 is 0 Å². The van der Waals surface area contributed by atoms with Crippen molar-refractivity contribution >= 4 is 13.5 Å². The van der Waals surface area contributed by atoms with Crippen molar-refractivity contribution in [2.24, 2.45) is 0 Å². The van der Waals surface area contributed by atoms with E-state index in [2.05, 4.69) is 75.4 Å². The summed E-state index contributed by atoms with van der Waals surface area (Å²) < 4.78 is 6.28. The summed E-state index contributed by atoms with van der Waals surface area (Å²) in [6, 6.07) is 10.8. The van der Waals surface area contributed by atoms with Crippen molar-refractivity contribution in [2.75, 3.05) is 7.11 Å². The lowest BCUT2D eigenvalue weighted by Gasteiger charge is -2.46. The van der Waals surface area contributed by atoms with Gasteiger partial charge < -0.3 is 4.43 Å². The van der Waals surface area contributed by atoms with Crippen LogP contribution < -0.4 is 5.19 Å². The molecule has 0 bridgehead atoms. The van der Waals surface area contributed by atoms with Gasteiger partial charge in [0.2, 0.25) is 8.32 Å². The predicted molar refractivity (Wildman–Crippen MR) is 85.2 cm³/mol. The molecule has 0 aromatic heterocycles. The number of benzene rings is 1. The van der Waals surface area contributed by atoms with Crippen LogP contribution in [0.25, 0.3) is 0 Å². The van der Waals surface area contributed by atoms with Gasteiger partial charge in [0.05, 0.1) is 0 Å². The van der Waals surface area contributed by atoms with Crippen molar-refractivity contribution in [1.82, 2.24) is 0 Å². The third-order valence-electron chi connectivity index (χ3n) is 4.14. The second kappa shape index (κ2) is 5.47. The number of hydrogen-bond donors (Lipinski definition) is 0. The lowest BCUT2D eigenvalue weighted by Crippen LogP contribution is -2.60. The smallest absolute Gasteiger partial charge is 0.235 e. The molecule has 0 N–H and O–H groups in total. The quantitative estimate of drug-likeness (QED) is 0.750. The van der Waals surface area contributed by atoms with Crippen molar-refractivity contribution in [3.05, 3.63) is 54.6 Å². The van der Waals surface area contributed by atoms with E-state index < -0.39 is 8.32 Å². The molecule has 2 atom stereocenters. The standard InChI is InChI=1S/C17H24OSi/c1-17(2,3)19(18-4,15-11-7-5-8-12-15)16-13-9-6-10-14-16/h5-13,16H,14H2,1-4H3. The van der Waals surface area contributed by atoms with Gasteiger partial charge in [-0.25, -0.2) is 0 Å². The van der Waals surface area contributed by atoms with Gasteiger partial charge in [-0.3, -0.25) is 0 Å². The molecule has 0 saturated heterocycles. The van der Waals surface area contributed by atoms with E-state index in [1.54, 1.807) is 0 Å². The Morgan fingerprint density at radius 3 is 2.26 bits per heavy atom. The normalized spacial score (nSPS) is 22.2. The Morgan fingerprint density at radius 1 is 1.11 bits per heavy atom. The van der Waals surface area contributed by atoms with Gasteiger partial charge in [-0.15, -0.1) is 0 Å². The topological polar surface area (TPSA) is 9.23 Å². The van der Waals surface area contributed by atoms with E-state index >= 15 is 0 Å². The third-order valence-corrected chi connectivity index (χ3v) is 9.68. The summed E-state index contributed by atoms with van der Waals surface area (Å²) in [5.74, 6) is 0. The van der Waals surface area contributed by atoms with Crippen molar-refractivity contribution < 1.29 is 4.43 Å². The molecule has 0 saturated carbocycles. The predicted octanol–water partition coefficient (Wildman–Crippen LogP) is 4.17. The first-order valence-electron chi connectivity index (χ1n) is 6.96. The van der Waals surface area contributed by atoms with Gasteiger partial charge in [0.1, 0.15) is 0 Å². The third kappa shape index (κ3) is 2.47. The minimum atomic E-state index is -2.08. The fourth-order valence-electron chi connectivity index (χ4n) is 3.35. The lowest BCUT2D eigenvalue weighted by atomic mass is 10.2. The first kappa shape index (κ1) is 14.3. The van der Waals surface area contributed by atoms with E-state index in [1.165, 1.54) is 5.19 Å². The molecule has 1 aliphatic carbocycles.